The number of carboxylic acids is 1. The number of alkyl halides is 6. The first kappa shape index (κ1) is 26.8. The predicted molar refractivity (Wildman–Crippen MR) is 118 cm³/mol. The molecule has 0 fully saturated rings. The van der Waals surface area contributed by atoms with Gasteiger partial charge in [-0.3, -0.25) is 4.98 Å². The zero-order chi connectivity index (χ0) is 27.9. The smallest absolute Gasteiger partial charge is 0.420 e. The van der Waals surface area contributed by atoms with Crippen molar-refractivity contribution in [1.29, 1.82) is 0 Å². The molecule has 0 aliphatic rings. The van der Waals surface area contributed by atoms with Gasteiger partial charge in [0.2, 0.25) is 9.84 Å². The summed E-state index contributed by atoms with van der Waals surface area (Å²) in [7, 11) is -4.14. The molecule has 0 unspecified atom stereocenters. The standard InChI is InChI=1S/C23H14F6N2O6S/c24-22(25,26)16-8-13(36-11-20(32)33)9-17(23(27,28)29)21(16)37-12-1-2-18-15(7-12)19(10-31-18)38(34,35)14-3-5-30-6-4-14/h1-10,31H,11H2,(H,32,33). The van der Waals surface area contributed by atoms with Crippen LogP contribution in [-0.4, -0.2) is 36.1 Å². The first-order valence-electron chi connectivity index (χ1n) is 10.3. The molecular weight excluding hydrogens is 546 g/mol. The number of hydrogen-bond acceptors (Lipinski definition) is 6. The van der Waals surface area contributed by atoms with Crippen molar-refractivity contribution in [3.8, 4) is 17.2 Å². The van der Waals surface area contributed by atoms with Crippen LogP contribution < -0.4 is 9.47 Å². The van der Waals surface area contributed by atoms with Crippen molar-refractivity contribution < 1.29 is 54.1 Å². The number of aromatic amines is 1. The summed E-state index contributed by atoms with van der Waals surface area (Å²) < 4.78 is 119. The average molecular weight is 560 g/mol. The Labute approximate surface area is 209 Å². The van der Waals surface area contributed by atoms with Gasteiger partial charge in [0, 0.05) is 29.5 Å². The fourth-order valence-electron chi connectivity index (χ4n) is 3.48. The van der Waals surface area contributed by atoms with E-state index in [1.54, 1.807) is 0 Å². The fourth-order valence-corrected chi connectivity index (χ4v) is 4.89. The van der Waals surface area contributed by atoms with Crippen molar-refractivity contribution in [2.24, 2.45) is 0 Å². The van der Waals surface area contributed by atoms with Gasteiger partial charge in [-0.05, 0) is 42.5 Å². The molecule has 2 N–H and O–H groups in total. The lowest BCUT2D eigenvalue weighted by Crippen LogP contribution is -2.16. The number of nitrogens with one attached hydrogen (secondary N) is 1. The zero-order valence-electron chi connectivity index (χ0n) is 18.6. The molecule has 0 spiro atoms. The molecule has 4 rings (SSSR count). The molecule has 0 bridgehead atoms. The van der Waals surface area contributed by atoms with Gasteiger partial charge in [-0.1, -0.05) is 0 Å². The van der Waals surface area contributed by atoms with E-state index >= 15 is 0 Å². The summed E-state index contributed by atoms with van der Waals surface area (Å²) in [6, 6.07) is 6.05. The molecule has 0 aliphatic carbocycles. The van der Waals surface area contributed by atoms with Gasteiger partial charge in [0.1, 0.15) is 22.6 Å². The van der Waals surface area contributed by atoms with E-state index in [9.17, 15) is 39.6 Å². The Hall–Kier alpha value is -4.27. The maximum atomic E-state index is 13.8. The largest absolute Gasteiger partial charge is 0.482 e. The summed E-state index contributed by atoms with van der Waals surface area (Å²) >= 11 is 0. The molecule has 8 nitrogen and oxygen atoms in total. The second kappa shape index (κ2) is 9.55. The van der Waals surface area contributed by atoms with Gasteiger partial charge < -0.3 is 19.6 Å². The lowest BCUT2D eigenvalue weighted by molar-refractivity contribution is -0.145. The van der Waals surface area contributed by atoms with Gasteiger partial charge in [0.05, 0.1) is 9.79 Å². The summed E-state index contributed by atoms with van der Waals surface area (Å²) in [6.45, 7) is -1.19. The average Bonchev–Trinajstić information content (AvgIpc) is 3.26. The summed E-state index contributed by atoms with van der Waals surface area (Å²) in [5.41, 5.74) is -3.55. The van der Waals surface area contributed by atoms with Crippen LogP contribution in [0.4, 0.5) is 26.3 Å². The van der Waals surface area contributed by atoms with Crippen molar-refractivity contribution in [2.75, 3.05) is 6.61 Å². The molecule has 200 valence electrons. The second-order valence-corrected chi connectivity index (χ2v) is 9.59. The molecule has 2 aromatic heterocycles. The molecule has 0 atom stereocenters. The van der Waals surface area contributed by atoms with Crippen LogP contribution in [0.2, 0.25) is 0 Å². The van der Waals surface area contributed by atoms with E-state index in [1.807, 2.05) is 0 Å². The highest BCUT2D eigenvalue weighted by atomic mass is 32.2. The molecule has 0 amide bonds. The van der Waals surface area contributed by atoms with Gasteiger partial charge in [0.15, 0.2) is 12.4 Å². The normalized spacial score (nSPS) is 12.5. The van der Waals surface area contributed by atoms with Crippen molar-refractivity contribution in [2.45, 2.75) is 22.1 Å². The summed E-state index contributed by atoms with van der Waals surface area (Å²) in [5, 5.41) is 8.61. The van der Waals surface area contributed by atoms with Crippen LogP contribution in [0.3, 0.4) is 0 Å². The molecule has 4 aromatic rings. The van der Waals surface area contributed by atoms with Gasteiger partial charge >= 0.3 is 18.3 Å². The summed E-state index contributed by atoms with van der Waals surface area (Å²) in [4.78, 5) is 16.6. The minimum Gasteiger partial charge on any atom is -0.482 e. The second-order valence-electron chi connectivity index (χ2n) is 7.67. The van der Waals surface area contributed by atoms with Crippen LogP contribution in [0, 0.1) is 0 Å². The number of fused-ring (bicyclic) bond motifs is 1. The molecule has 0 aliphatic heterocycles. The number of aliphatic carboxylic acids is 1. The van der Waals surface area contributed by atoms with Crippen LogP contribution in [-0.2, 0) is 27.0 Å². The number of pyridine rings is 1. The number of halogens is 6. The van der Waals surface area contributed by atoms with Gasteiger partial charge in [0.25, 0.3) is 0 Å². The Balaban J connectivity index is 1.85. The number of sulfone groups is 1. The van der Waals surface area contributed by atoms with E-state index in [2.05, 4.69) is 14.7 Å². The SMILES string of the molecule is O=C(O)COc1cc(C(F)(F)F)c(Oc2ccc3[nH]cc(S(=O)(=O)c4ccncc4)c3c2)c(C(F)(F)F)c1. The molecule has 15 heteroatoms. The molecule has 0 saturated heterocycles. The van der Waals surface area contributed by atoms with Gasteiger partial charge in [-0.2, -0.15) is 26.3 Å². The summed E-state index contributed by atoms with van der Waals surface area (Å²) in [5.74, 6) is -4.77. The first-order chi connectivity index (χ1) is 17.7. The van der Waals surface area contributed by atoms with E-state index < -0.39 is 63.1 Å². The Bertz CT molecular complexity index is 1580. The number of carboxylic acid groups (broad SMARTS) is 1. The molecule has 2 aromatic carbocycles. The molecule has 38 heavy (non-hydrogen) atoms. The van der Waals surface area contributed by atoms with E-state index in [0.29, 0.717) is 0 Å². The highest BCUT2D eigenvalue weighted by Crippen LogP contribution is 2.48. The molecular formula is C23H14F6N2O6S. The number of benzene rings is 2. The third-order valence-corrected chi connectivity index (χ3v) is 6.93. The number of carbonyl (C=O) groups is 1. The minimum absolute atomic E-state index is 0.0529. The van der Waals surface area contributed by atoms with Crippen LogP contribution in [0.1, 0.15) is 11.1 Å². The number of ether oxygens (including phenoxy) is 2. The van der Waals surface area contributed by atoms with Crippen molar-refractivity contribution in [1.82, 2.24) is 9.97 Å². The fraction of sp³-hybridized carbons (Fsp3) is 0.130. The van der Waals surface area contributed by atoms with Crippen LogP contribution in [0.15, 0.2) is 70.8 Å². The van der Waals surface area contributed by atoms with Crippen molar-refractivity contribution >= 4 is 26.7 Å². The van der Waals surface area contributed by atoms with Gasteiger partial charge in [-0.15, -0.1) is 0 Å². The van der Waals surface area contributed by atoms with E-state index in [4.69, 9.17) is 9.84 Å². The molecule has 0 saturated carbocycles. The quantitative estimate of drug-likeness (QED) is 0.279. The number of rotatable bonds is 7. The topological polar surface area (TPSA) is 119 Å². The monoisotopic (exact) mass is 560 g/mol. The third kappa shape index (κ3) is 5.37. The number of nitrogens with zero attached hydrogens (tertiary/aromatic N) is 1. The lowest BCUT2D eigenvalue weighted by Gasteiger charge is -2.20. The predicted octanol–water partition coefficient (Wildman–Crippen LogP) is 5.69. The third-order valence-electron chi connectivity index (χ3n) is 5.12. The Morgan fingerprint density at radius 3 is 2.08 bits per heavy atom. The first-order valence-corrected chi connectivity index (χ1v) is 11.8. The van der Waals surface area contributed by atoms with Gasteiger partial charge in [-0.25, -0.2) is 13.2 Å². The van der Waals surface area contributed by atoms with E-state index in [0.717, 1.165) is 18.3 Å². The summed E-state index contributed by atoms with van der Waals surface area (Å²) in [6.07, 6.45) is -7.14. The minimum atomic E-state index is -5.37. The van der Waals surface area contributed by atoms with Crippen LogP contribution in [0.5, 0.6) is 17.2 Å². The van der Waals surface area contributed by atoms with E-state index in [-0.39, 0.29) is 32.8 Å². The Morgan fingerprint density at radius 2 is 1.53 bits per heavy atom. The van der Waals surface area contributed by atoms with E-state index in [1.165, 1.54) is 30.6 Å². The molecule has 2 heterocycles. The van der Waals surface area contributed by atoms with Crippen LogP contribution >= 0.6 is 0 Å². The Kier molecular flexibility index (Phi) is 6.73. The Morgan fingerprint density at radius 1 is 0.921 bits per heavy atom. The highest BCUT2D eigenvalue weighted by Gasteiger charge is 2.43. The lowest BCUT2D eigenvalue weighted by atomic mass is 10.1. The maximum Gasteiger partial charge on any atom is 0.420 e. The molecule has 0 radical (unpaired) electrons. The number of hydrogen-bond donors (Lipinski definition) is 2. The van der Waals surface area contributed by atoms with Crippen molar-refractivity contribution in [3.05, 3.63) is 72.2 Å². The van der Waals surface area contributed by atoms with Crippen molar-refractivity contribution in [3.63, 3.8) is 0 Å². The number of aromatic nitrogens is 2. The number of H-pyrrole nitrogens is 1. The van der Waals surface area contributed by atoms with Crippen LogP contribution in [0.25, 0.3) is 10.9 Å². The highest BCUT2D eigenvalue weighted by molar-refractivity contribution is 7.91. The zero-order valence-corrected chi connectivity index (χ0v) is 19.4. The maximum absolute atomic E-state index is 13.8.